The molecule has 0 saturated carbocycles. The Morgan fingerprint density at radius 1 is 1.03 bits per heavy atom. The van der Waals surface area contributed by atoms with Gasteiger partial charge in [-0.25, -0.2) is 13.4 Å². The molecule has 1 aliphatic heterocycles. The van der Waals surface area contributed by atoms with E-state index in [0.717, 1.165) is 12.1 Å². The van der Waals surface area contributed by atoms with E-state index >= 15 is 0 Å². The molecule has 1 aromatic heterocycles. The maximum Gasteiger partial charge on any atom is 0.433 e. The van der Waals surface area contributed by atoms with Gasteiger partial charge in [-0.05, 0) is 37.3 Å². The van der Waals surface area contributed by atoms with E-state index in [9.17, 15) is 26.4 Å². The molecule has 2 aromatic rings. The summed E-state index contributed by atoms with van der Waals surface area (Å²) < 4.78 is 65.1. The predicted octanol–water partition coefficient (Wildman–Crippen LogP) is 3.86. The number of amides is 1. The zero-order chi connectivity index (χ0) is 22.3. The van der Waals surface area contributed by atoms with Gasteiger partial charge in [0.1, 0.15) is 5.69 Å². The Morgan fingerprint density at radius 3 is 2.20 bits per heavy atom. The largest absolute Gasteiger partial charge is 0.433 e. The predicted molar refractivity (Wildman–Crippen MR) is 105 cm³/mol. The molecule has 0 unspecified atom stereocenters. The number of carbonyl (C=O) groups is 1. The Balaban J connectivity index is 1.72. The van der Waals surface area contributed by atoms with Crippen LogP contribution in [0.4, 0.5) is 13.2 Å². The summed E-state index contributed by atoms with van der Waals surface area (Å²) in [5.41, 5.74) is -1.07. The lowest BCUT2D eigenvalue weighted by Gasteiger charge is -2.34. The Kier molecular flexibility index (Phi) is 6.33. The van der Waals surface area contributed by atoms with Crippen molar-refractivity contribution < 1.29 is 26.4 Å². The number of carbonyl (C=O) groups excluding carboxylic acids is 1. The second-order valence-corrected chi connectivity index (χ2v) is 9.35. The number of alkyl halides is 3. The summed E-state index contributed by atoms with van der Waals surface area (Å²) in [5, 5.41) is 0.336. The first kappa shape index (κ1) is 22.8. The zero-order valence-corrected chi connectivity index (χ0v) is 17.9. The molecule has 2 heterocycles. The van der Waals surface area contributed by atoms with E-state index in [1.54, 1.807) is 0 Å². The van der Waals surface area contributed by atoms with Crippen LogP contribution in [-0.2, 0) is 16.2 Å². The number of benzene rings is 1. The standard InChI is InChI=1S/C18H16Cl2F3N3O3S/c1-11-13(3-5-16(24-11)18(21,22)23)17(27)25-6-8-26(9-7-25)30(28,29)12-2-4-14(19)15(20)10-12/h2-5,10H,6-9H2,1H3. The monoisotopic (exact) mass is 481 g/mol. The Morgan fingerprint density at radius 2 is 1.67 bits per heavy atom. The number of rotatable bonds is 3. The minimum Gasteiger partial charge on any atom is -0.336 e. The minimum absolute atomic E-state index is 0.0144. The molecule has 3 rings (SSSR count). The van der Waals surface area contributed by atoms with Gasteiger partial charge in [0, 0.05) is 26.2 Å². The fourth-order valence-corrected chi connectivity index (χ4v) is 4.84. The molecule has 1 saturated heterocycles. The summed E-state index contributed by atoms with van der Waals surface area (Å²) in [6.07, 6.45) is -4.60. The van der Waals surface area contributed by atoms with Gasteiger partial charge >= 0.3 is 6.18 Å². The number of piperazine rings is 1. The Hall–Kier alpha value is -1.88. The van der Waals surface area contributed by atoms with E-state index < -0.39 is 27.8 Å². The van der Waals surface area contributed by atoms with Gasteiger partial charge in [-0.15, -0.1) is 0 Å². The van der Waals surface area contributed by atoms with Gasteiger partial charge in [0.05, 0.1) is 26.2 Å². The van der Waals surface area contributed by atoms with Crippen LogP contribution >= 0.6 is 23.2 Å². The van der Waals surface area contributed by atoms with Gasteiger partial charge < -0.3 is 4.90 Å². The number of aryl methyl sites for hydroxylation is 1. The molecular formula is C18H16Cl2F3N3O3S. The number of hydrogen-bond donors (Lipinski definition) is 0. The summed E-state index contributed by atoms with van der Waals surface area (Å²) in [6, 6.07) is 5.83. The molecule has 1 aromatic carbocycles. The van der Waals surface area contributed by atoms with E-state index in [1.165, 1.54) is 34.3 Å². The van der Waals surface area contributed by atoms with Crippen molar-refractivity contribution in [2.75, 3.05) is 26.2 Å². The van der Waals surface area contributed by atoms with E-state index in [1.807, 2.05) is 0 Å². The first-order valence-electron chi connectivity index (χ1n) is 8.70. The maximum atomic E-state index is 12.8. The van der Waals surface area contributed by atoms with Crippen molar-refractivity contribution in [1.29, 1.82) is 0 Å². The van der Waals surface area contributed by atoms with Crippen LogP contribution in [0.2, 0.25) is 10.0 Å². The maximum absolute atomic E-state index is 12.8. The first-order valence-corrected chi connectivity index (χ1v) is 10.9. The first-order chi connectivity index (χ1) is 13.9. The number of sulfonamides is 1. The summed E-state index contributed by atoms with van der Waals surface area (Å²) in [4.78, 5) is 17.5. The molecular weight excluding hydrogens is 466 g/mol. The molecule has 0 spiro atoms. The van der Waals surface area contributed by atoms with Crippen LogP contribution in [0.15, 0.2) is 35.2 Å². The smallest absolute Gasteiger partial charge is 0.336 e. The molecule has 0 N–H and O–H groups in total. The molecule has 0 bridgehead atoms. The third kappa shape index (κ3) is 4.56. The van der Waals surface area contributed by atoms with Gasteiger partial charge in [-0.2, -0.15) is 17.5 Å². The minimum atomic E-state index is -4.60. The topological polar surface area (TPSA) is 70.6 Å². The number of aromatic nitrogens is 1. The number of nitrogens with zero attached hydrogens (tertiary/aromatic N) is 3. The molecule has 12 heteroatoms. The van der Waals surface area contributed by atoms with E-state index in [-0.39, 0.29) is 52.4 Å². The van der Waals surface area contributed by atoms with Crippen molar-refractivity contribution >= 4 is 39.1 Å². The van der Waals surface area contributed by atoms with Crippen molar-refractivity contribution in [3.05, 3.63) is 57.3 Å². The molecule has 162 valence electrons. The summed E-state index contributed by atoms with van der Waals surface area (Å²) in [6.45, 7) is 1.55. The summed E-state index contributed by atoms with van der Waals surface area (Å²) in [7, 11) is -3.83. The average Bonchev–Trinajstić information content (AvgIpc) is 2.68. The van der Waals surface area contributed by atoms with E-state index in [0.29, 0.717) is 0 Å². The lowest BCUT2D eigenvalue weighted by Crippen LogP contribution is -2.50. The Labute approximate surface area is 181 Å². The van der Waals surface area contributed by atoms with Crippen LogP contribution in [0.3, 0.4) is 0 Å². The fourth-order valence-electron chi connectivity index (χ4n) is 3.03. The van der Waals surface area contributed by atoms with Gasteiger partial charge in [0.15, 0.2) is 0 Å². The molecule has 0 atom stereocenters. The third-order valence-corrected chi connectivity index (χ3v) is 7.30. The highest BCUT2D eigenvalue weighted by atomic mass is 35.5. The molecule has 6 nitrogen and oxygen atoms in total. The highest BCUT2D eigenvalue weighted by molar-refractivity contribution is 7.89. The van der Waals surface area contributed by atoms with Gasteiger partial charge in [0.2, 0.25) is 10.0 Å². The van der Waals surface area contributed by atoms with Crippen molar-refractivity contribution in [3.63, 3.8) is 0 Å². The highest BCUT2D eigenvalue weighted by Gasteiger charge is 2.34. The second kappa shape index (κ2) is 8.33. The van der Waals surface area contributed by atoms with Crippen LogP contribution in [0.1, 0.15) is 21.7 Å². The molecule has 1 aliphatic rings. The van der Waals surface area contributed by atoms with Crippen LogP contribution < -0.4 is 0 Å². The molecule has 0 aliphatic carbocycles. The zero-order valence-electron chi connectivity index (χ0n) is 15.6. The Bertz CT molecular complexity index is 1090. The van der Waals surface area contributed by atoms with Crippen LogP contribution in [-0.4, -0.2) is 54.7 Å². The van der Waals surface area contributed by atoms with Crippen molar-refractivity contribution in [2.45, 2.75) is 18.0 Å². The molecule has 30 heavy (non-hydrogen) atoms. The second-order valence-electron chi connectivity index (χ2n) is 6.60. The number of hydrogen-bond acceptors (Lipinski definition) is 4. The van der Waals surface area contributed by atoms with Gasteiger partial charge in [-0.3, -0.25) is 4.79 Å². The SMILES string of the molecule is Cc1nc(C(F)(F)F)ccc1C(=O)N1CCN(S(=O)(=O)c2ccc(Cl)c(Cl)c2)CC1. The van der Waals surface area contributed by atoms with Crippen molar-refractivity contribution in [2.24, 2.45) is 0 Å². The van der Waals surface area contributed by atoms with Crippen molar-refractivity contribution in [3.8, 4) is 0 Å². The number of halogens is 5. The molecule has 0 radical (unpaired) electrons. The lowest BCUT2D eigenvalue weighted by molar-refractivity contribution is -0.141. The van der Waals surface area contributed by atoms with E-state index in [4.69, 9.17) is 23.2 Å². The van der Waals surface area contributed by atoms with Crippen molar-refractivity contribution in [1.82, 2.24) is 14.2 Å². The van der Waals surface area contributed by atoms with Crippen LogP contribution in [0, 0.1) is 6.92 Å². The van der Waals surface area contributed by atoms with Crippen LogP contribution in [0.5, 0.6) is 0 Å². The van der Waals surface area contributed by atoms with Gasteiger partial charge in [-0.1, -0.05) is 23.2 Å². The molecule has 1 amide bonds. The number of pyridine rings is 1. The van der Waals surface area contributed by atoms with Gasteiger partial charge in [0.25, 0.3) is 5.91 Å². The highest BCUT2D eigenvalue weighted by Crippen LogP contribution is 2.29. The summed E-state index contributed by atoms with van der Waals surface area (Å²) >= 11 is 11.7. The van der Waals surface area contributed by atoms with Crippen LogP contribution in [0.25, 0.3) is 0 Å². The molecule has 1 fully saturated rings. The lowest BCUT2D eigenvalue weighted by atomic mass is 10.1. The third-order valence-electron chi connectivity index (χ3n) is 4.66. The fraction of sp³-hybridized carbons (Fsp3) is 0.333. The summed E-state index contributed by atoms with van der Waals surface area (Å²) in [5.74, 6) is -0.500. The quantitative estimate of drug-likeness (QED) is 0.667. The normalized spacial score (nSPS) is 16.0. The van der Waals surface area contributed by atoms with E-state index in [2.05, 4.69) is 4.98 Å². The average molecular weight is 482 g/mol.